The largest absolute Gasteiger partial charge is 0.261 e. The van der Waals surface area contributed by atoms with Gasteiger partial charge in [0, 0.05) is 15.2 Å². The Morgan fingerprint density at radius 1 is 1.20 bits per heavy atom. The minimum Gasteiger partial charge on any atom is -0.207 e. The Morgan fingerprint density at radius 3 is 2.13 bits per heavy atom. The van der Waals surface area contributed by atoms with Crippen LogP contribution in [0, 0.1) is 0 Å². The summed E-state index contributed by atoms with van der Waals surface area (Å²) in [5.74, 6) is 0. The van der Waals surface area contributed by atoms with Crippen LogP contribution >= 0.6 is 26.6 Å². The highest BCUT2D eigenvalue weighted by molar-refractivity contribution is 9.10. The quantitative estimate of drug-likeness (QED) is 0.742. The van der Waals surface area contributed by atoms with Gasteiger partial charge >= 0.3 is 0 Å². The first-order valence-corrected chi connectivity index (χ1v) is 7.47. The summed E-state index contributed by atoms with van der Waals surface area (Å²) >= 11 is 3.27. The molecule has 1 rings (SSSR count). The molecule has 0 amide bonds. The van der Waals surface area contributed by atoms with Crippen molar-refractivity contribution in [3.63, 3.8) is 0 Å². The SMILES string of the molecule is CC(C)(C)c1cc(Br)cc(S(=O)(=O)Cl)c1. The van der Waals surface area contributed by atoms with Crippen LogP contribution < -0.4 is 0 Å². The summed E-state index contributed by atoms with van der Waals surface area (Å²) in [5.41, 5.74) is 0.816. The average Bonchev–Trinajstić information content (AvgIpc) is 1.99. The molecule has 1 aromatic carbocycles. The van der Waals surface area contributed by atoms with Gasteiger partial charge in [-0.1, -0.05) is 36.7 Å². The maximum absolute atomic E-state index is 11.2. The van der Waals surface area contributed by atoms with Crippen molar-refractivity contribution in [1.82, 2.24) is 0 Å². The van der Waals surface area contributed by atoms with E-state index >= 15 is 0 Å². The van der Waals surface area contributed by atoms with Crippen LogP contribution in [0.2, 0.25) is 0 Å². The molecule has 15 heavy (non-hydrogen) atoms. The monoisotopic (exact) mass is 310 g/mol. The molecule has 0 aliphatic heterocycles. The zero-order valence-corrected chi connectivity index (χ0v) is 11.9. The highest BCUT2D eigenvalue weighted by atomic mass is 79.9. The van der Waals surface area contributed by atoms with Crippen molar-refractivity contribution in [3.8, 4) is 0 Å². The highest BCUT2D eigenvalue weighted by Gasteiger charge is 2.18. The molecule has 0 aliphatic carbocycles. The first-order valence-electron chi connectivity index (χ1n) is 4.36. The Kier molecular flexibility index (Phi) is 3.53. The summed E-state index contributed by atoms with van der Waals surface area (Å²) in [5, 5.41) is 0. The normalized spacial score (nSPS) is 12.9. The lowest BCUT2D eigenvalue weighted by atomic mass is 9.87. The smallest absolute Gasteiger partial charge is 0.207 e. The van der Waals surface area contributed by atoms with E-state index in [-0.39, 0.29) is 10.3 Å². The van der Waals surface area contributed by atoms with E-state index in [0.29, 0.717) is 4.47 Å². The molecule has 0 atom stereocenters. The predicted octanol–water partition coefficient (Wildman–Crippen LogP) is 3.67. The highest BCUT2D eigenvalue weighted by Crippen LogP contribution is 2.29. The van der Waals surface area contributed by atoms with Gasteiger partial charge in [-0.15, -0.1) is 0 Å². The number of rotatable bonds is 1. The van der Waals surface area contributed by atoms with Gasteiger partial charge in [-0.3, -0.25) is 0 Å². The lowest BCUT2D eigenvalue weighted by Gasteiger charge is -2.19. The van der Waals surface area contributed by atoms with Crippen LogP contribution in [0.25, 0.3) is 0 Å². The molecule has 0 bridgehead atoms. The summed E-state index contributed by atoms with van der Waals surface area (Å²) in [6, 6.07) is 5.00. The van der Waals surface area contributed by atoms with Gasteiger partial charge in [-0.2, -0.15) is 0 Å². The van der Waals surface area contributed by atoms with Gasteiger partial charge in [0.2, 0.25) is 0 Å². The maximum Gasteiger partial charge on any atom is 0.261 e. The van der Waals surface area contributed by atoms with E-state index < -0.39 is 9.05 Å². The van der Waals surface area contributed by atoms with Crippen molar-refractivity contribution in [1.29, 1.82) is 0 Å². The standard InChI is InChI=1S/C10H12BrClO2S/c1-10(2,3)7-4-8(11)6-9(5-7)15(12,13)14/h4-6H,1-3H3. The molecule has 84 valence electrons. The Bertz CT molecular complexity index is 475. The molecule has 0 saturated heterocycles. The fourth-order valence-corrected chi connectivity index (χ4v) is 2.58. The molecule has 0 N–H and O–H groups in total. The van der Waals surface area contributed by atoms with Gasteiger partial charge < -0.3 is 0 Å². The Balaban J connectivity index is 3.43. The van der Waals surface area contributed by atoms with E-state index in [1.165, 1.54) is 6.07 Å². The molecule has 1 aromatic rings. The first kappa shape index (κ1) is 13.0. The van der Waals surface area contributed by atoms with Gasteiger partial charge in [0.25, 0.3) is 9.05 Å². The Morgan fingerprint density at radius 2 is 1.73 bits per heavy atom. The predicted molar refractivity (Wildman–Crippen MR) is 65.9 cm³/mol. The molecule has 0 spiro atoms. The fourth-order valence-electron chi connectivity index (χ4n) is 1.14. The molecule has 0 heterocycles. The van der Waals surface area contributed by atoms with Gasteiger partial charge in [-0.25, -0.2) is 8.42 Å². The van der Waals surface area contributed by atoms with Gasteiger partial charge in [-0.05, 0) is 29.2 Å². The number of hydrogen-bond acceptors (Lipinski definition) is 2. The van der Waals surface area contributed by atoms with Crippen LogP contribution in [-0.2, 0) is 14.5 Å². The molecule has 0 aliphatic rings. The second-order valence-corrected chi connectivity index (χ2v) is 7.85. The zero-order chi connectivity index (χ0) is 11.9. The second kappa shape index (κ2) is 4.07. The topological polar surface area (TPSA) is 34.1 Å². The van der Waals surface area contributed by atoms with Crippen molar-refractivity contribution in [2.24, 2.45) is 0 Å². The second-order valence-electron chi connectivity index (χ2n) is 4.36. The third-order valence-electron chi connectivity index (χ3n) is 2.02. The van der Waals surface area contributed by atoms with Crippen molar-refractivity contribution in [3.05, 3.63) is 28.2 Å². The third kappa shape index (κ3) is 3.47. The third-order valence-corrected chi connectivity index (χ3v) is 3.81. The van der Waals surface area contributed by atoms with Gasteiger partial charge in [0.05, 0.1) is 4.90 Å². The van der Waals surface area contributed by atoms with Crippen LogP contribution in [-0.4, -0.2) is 8.42 Å². The molecular weight excluding hydrogens is 300 g/mol. The van der Waals surface area contributed by atoms with Crippen molar-refractivity contribution in [2.45, 2.75) is 31.1 Å². The minimum atomic E-state index is -3.67. The van der Waals surface area contributed by atoms with E-state index in [1.807, 2.05) is 26.8 Å². The average molecular weight is 312 g/mol. The molecule has 0 aromatic heterocycles. The molecule has 2 nitrogen and oxygen atoms in total. The van der Waals surface area contributed by atoms with E-state index in [1.54, 1.807) is 6.07 Å². The van der Waals surface area contributed by atoms with Crippen LogP contribution in [0.3, 0.4) is 0 Å². The Hall–Kier alpha value is -0.0600. The number of hydrogen-bond donors (Lipinski definition) is 0. The summed E-state index contributed by atoms with van der Waals surface area (Å²) in [7, 11) is 1.64. The summed E-state index contributed by atoms with van der Waals surface area (Å²) in [6.45, 7) is 6.04. The van der Waals surface area contributed by atoms with Crippen LogP contribution in [0.4, 0.5) is 0 Å². The molecular formula is C10H12BrClO2S. The van der Waals surface area contributed by atoms with E-state index in [0.717, 1.165) is 5.56 Å². The van der Waals surface area contributed by atoms with Crippen molar-refractivity contribution < 1.29 is 8.42 Å². The molecule has 5 heteroatoms. The molecule has 0 unspecified atom stereocenters. The minimum absolute atomic E-state index is 0.111. The fraction of sp³-hybridized carbons (Fsp3) is 0.400. The van der Waals surface area contributed by atoms with E-state index in [2.05, 4.69) is 15.9 Å². The molecule has 0 fully saturated rings. The molecule has 0 radical (unpaired) electrons. The lowest BCUT2D eigenvalue weighted by Crippen LogP contribution is -2.11. The van der Waals surface area contributed by atoms with Crippen molar-refractivity contribution in [2.75, 3.05) is 0 Å². The summed E-state index contributed by atoms with van der Waals surface area (Å²) in [4.78, 5) is 0.128. The van der Waals surface area contributed by atoms with E-state index in [4.69, 9.17) is 10.7 Å². The number of benzene rings is 1. The van der Waals surface area contributed by atoms with E-state index in [9.17, 15) is 8.42 Å². The van der Waals surface area contributed by atoms with Crippen LogP contribution in [0.1, 0.15) is 26.3 Å². The van der Waals surface area contributed by atoms with Crippen molar-refractivity contribution >= 4 is 35.7 Å². The van der Waals surface area contributed by atoms with Gasteiger partial charge in [0.1, 0.15) is 0 Å². The van der Waals surface area contributed by atoms with Gasteiger partial charge in [0.15, 0.2) is 0 Å². The summed E-state index contributed by atoms with van der Waals surface area (Å²) in [6.07, 6.45) is 0. The van der Waals surface area contributed by atoms with Crippen LogP contribution in [0.5, 0.6) is 0 Å². The summed E-state index contributed by atoms with van der Waals surface area (Å²) < 4.78 is 23.1. The lowest BCUT2D eigenvalue weighted by molar-refractivity contribution is 0.586. The zero-order valence-electron chi connectivity index (χ0n) is 8.71. The molecule has 0 saturated carbocycles. The number of halogens is 2. The Labute approximate surface area is 103 Å². The maximum atomic E-state index is 11.2. The first-order chi connectivity index (χ1) is 6.60. The van der Waals surface area contributed by atoms with Crippen LogP contribution in [0.15, 0.2) is 27.6 Å².